The Kier molecular flexibility index (Phi) is 4.70. The van der Waals surface area contributed by atoms with E-state index < -0.39 is 0 Å². The van der Waals surface area contributed by atoms with Crippen molar-refractivity contribution in [2.24, 2.45) is 0 Å². The van der Waals surface area contributed by atoms with Gasteiger partial charge in [-0.3, -0.25) is 9.48 Å². The maximum Gasteiger partial charge on any atom is 0.255 e. The molecule has 0 saturated carbocycles. The summed E-state index contributed by atoms with van der Waals surface area (Å²) in [6.07, 6.45) is 4.18. The van der Waals surface area contributed by atoms with E-state index in [1.54, 1.807) is 47.4 Å². The molecule has 0 aliphatic rings. The monoisotopic (exact) mass is 323 g/mol. The molecule has 1 amide bonds. The van der Waals surface area contributed by atoms with E-state index in [1.165, 1.54) is 11.6 Å². The van der Waals surface area contributed by atoms with Crippen LogP contribution in [0.2, 0.25) is 0 Å². The SMILES string of the molecule is CCc1ccc(C(=O)Nc2cnn(Cc3ccccc3F)c2)cc1. The highest BCUT2D eigenvalue weighted by Crippen LogP contribution is 2.13. The summed E-state index contributed by atoms with van der Waals surface area (Å²) < 4.78 is 15.3. The third kappa shape index (κ3) is 3.68. The Morgan fingerprint density at radius 3 is 2.62 bits per heavy atom. The molecule has 3 rings (SSSR count). The Morgan fingerprint density at radius 2 is 1.92 bits per heavy atom. The number of nitrogens with zero attached hydrogens (tertiary/aromatic N) is 2. The van der Waals surface area contributed by atoms with Gasteiger partial charge in [0.2, 0.25) is 0 Å². The van der Waals surface area contributed by atoms with Crippen LogP contribution in [0.3, 0.4) is 0 Å². The Morgan fingerprint density at radius 1 is 1.17 bits per heavy atom. The van der Waals surface area contributed by atoms with Crippen LogP contribution in [0.25, 0.3) is 0 Å². The van der Waals surface area contributed by atoms with Gasteiger partial charge in [0, 0.05) is 17.3 Å². The van der Waals surface area contributed by atoms with E-state index >= 15 is 0 Å². The van der Waals surface area contributed by atoms with Crippen molar-refractivity contribution in [2.75, 3.05) is 5.32 Å². The zero-order chi connectivity index (χ0) is 16.9. The number of anilines is 1. The number of carbonyl (C=O) groups is 1. The Labute approximate surface area is 139 Å². The number of hydrogen-bond acceptors (Lipinski definition) is 2. The van der Waals surface area contributed by atoms with Crippen LogP contribution < -0.4 is 5.32 Å². The lowest BCUT2D eigenvalue weighted by Crippen LogP contribution is -2.11. The van der Waals surface area contributed by atoms with Gasteiger partial charge in [0.1, 0.15) is 5.82 Å². The molecule has 0 fully saturated rings. The third-order valence-corrected chi connectivity index (χ3v) is 3.81. The Balaban J connectivity index is 1.67. The summed E-state index contributed by atoms with van der Waals surface area (Å²) in [5, 5.41) is 6.96. The first kappa shape index (κ1) is 15.9. The average molecular weight is 323 g/mol. The Bertz CT molecular complexity index is 840. The van der Waals surface area contributed by atoms with Crippen LogP contribution in [0.5, 0.6) is 0 Å². The standard InChI is InChI=1S/C19H18FN3O/c1-2-14-7-9-15(10-8-14)19(24)22-17-11-21-23(13-17)12-16-5-3-4-6-18(16)20/h3-11,13H,2,12H2,1H3,(H,22,24). The molecule has 1 aromatic heterocycles. The first-order valence-corrected chi connectivity index (χ1v) is 7.82. The van der Waals surface area contributed by atoms with Crippen molar-refractivity contribution in [2.45, 2.75) is 19.9 Å². The second kappa shape index (κ2) is 7.08. The fraction of sp³-hybridized carbons (Fsp3) is 0.158. The van der Waals surface area contributed by atoms with Crippen molar-refractivity contribution in [1.82, 2.24) is 9.78 Å². The molecule has 122 valence electrons. The van der Waals surface area contributed by atoms with Crippen molar-refractivity contribution in [3.63, 3.8) is 0 Å². The summed E-state index contributed by atoms with van der Waals surface area (Å²) in [5.74, 6) is -0.460. The first-order chi connectivity index (χ1) is 11.7. The highest BCUT2D eigenvalue weighted by Gasteiger charge is 2.08. The van der Waals surface area contributed by atoms with E-state index in [9.17, 15) is 9.18 Å². The fourth-order valence-electron chi connectivity index (χ4n) is 2.41. The van der Waals surface area contributed by atoms with Gasteiger partial charge in [-0.15, -0.1) is 0 Å². The summed E-state index contributed by atoms with van der Waals surface area (Å²) in [4.78, 5) is 12.2. The molecule has 0 aliphatic heterocycles. The minimum absolute atomic E-state index is 0.192. The number of rotatable bonds is 5. The number of aromatic nitrogens is 2. The fourth-order valence-corrected chi connectivity index (χ4v) is 2.41. The summed E-state index contributed by atoms with van der Waals surface area (Å²) in [6.45, 7) is 2.38. The zero-order valence-corrected chi connectivity index (χ0v) is 13.4. The number of amides is 1. The van der Waals surface area contributed by atoms with Gasteiger partial charge < -0.3 is 5.32 Å². The summed E-state index contributed by atoms with van der Waals surface area (Å²) >= 11 is 0. The van der Waals surface area contributed by atoms with Crippen LogP contribution in [-0.2, 0) is 13.0 Å². The quantitative estimate of drug-likeness (QED) is 0.774. The first-order valence-electron chi connectivity index (χ1n) is 7.82. The lowest BCUT2D eigenvalue weighted by molar-refractivity contribution is 0.102. The van der Waals surface area contributed by atoms with Crippen LogP contribution in [0.4, 0.5) is 10.1 Å². The molecule has 0 spiro atoms. The predicted octanol–water partition coefficient (Wildman–Crippen LogP) is 3.89. The number of aryl methyl sites for hydroxylation is 1. The van der Waals surface area contributed by atoms with Crippen LogP contribution in [0.15, 0.2) is 60.9 Å². The van der Waals surface area contributed by atoms with Crippen molar-refractivity contribution in [3.8, 4) is 0 Å². The van der Waals surface area contributed by atoms with Crippen LogP contribution in [0, 0.1) is 5.82 Å². The van der Waals surface area contributed by atoms with Crippen molar-refractivity contribution < 1.29 is 9.18 Å². The largest absolute Gasteiger partial charge is 0.319 e. The molecule has 24 heavy (non-hydrogen) atoms. The molecule has 5 heteroatoms. The van der Waals surface area contributed by atoms with Gasteiger partial charge in [0.15, 0.2) is 0 Å². The lowest BCUT2D eigenvalue weighted by Gasteiger charge is -2.04. The van der Waals surface area contributed by atoms with Gasteiger partial charge >= 0.3 is 0 Å². The van der Waals surface area contributed by atoms with Gasteiger partial charge in [0.25, 0.3) is 5.91 Å². The van der Waals surface area contributed by atoms with Gasteiger partial charge in [-0.05, 0) is 30.2 Å². The molecule has 2 aromatic carbocycles. The van der Waals surface area contributed by atoms with Crippen molar-refractivity contribution in [1.29, 1.82) is 0 Å². The molecular formula is C19H18FN3O. The van der Waals surface area contributed by atoms with Gasteiger partial charge in [-0.1, -0.05) is 37.3 Å². The Hall–Kier alpha value is -2.95. The van der Waals surface area contributed by atoms with E-state index in [-0.39, 0.29) is 11.7 Å². The molecular weight excluding hydrogens is 305 g/mol. The molecule has 3 aromatic rings. The van der Waals surface area contributed by atoms with Crippen molar-refractivity contribution >= 4 is 11.6 Å². The number of hydrogen-bond donors (Lipinski definition) is 1. The lowest BCUT2D eigenvalue weighted by atomic mass is 10.1. The zero-order valence-electron chi connectivity index (χ0n) is 13.4. The molecule has 1 heterocycles. The van der Waals surface area contributed by atoms with E-state index in [4.69, 9.17) is 0 Å². The highest BCUT2D eigenvalue weighted by atomic mass is 19.1. The minimum Gasteiger partial charge on any atom is -0.319 e. The molecule has 1 N–H and O–H groups in total. The van der Waals surface area contributed by atoms with Crippen LogP contribution in [-0.4, -0.2) is 15.7 Å². The molecule has 0 radical (unpaired) electrons. The third-order valence-electron chi connectivity index (χ3n) is 3.81. The van der Waals surface area contributed by atoms with E-state index in [0.29, 0.717) is 23.4 Å². The normalized spacial score (nSPS) is 10.6. The molecule has 4 nitrogen and oxygen atoms in total. The molecule has 0 unspecified atom stereocenters. The van der Waals surface area contributed by atoms with Crippen LogP contribution in [0.1, 0.15) is 28.4 Å². The van der Waals surface area contributed by atoms with Gasteiger partial charge in [-0.25, -0.2) is 4.39 Å². The van der Waals surface area contributed by atoms with Gasteiger partial charge in [0.05, 0.1) is 18.4 Å². The molecule has 0 bridgehead atoms. The highest BCUT2D eigenvalue weighted by molar-refractivity contribution is 6.04. The number of halogens is 1. The number of nitrogens with one attached hydrogen (secondary N) is 1. The molecule has 0 aliphatic carbocycles. The topological polar surface area (TPSA) is 46.9 Å². The van der Waals surface area contributed by atoms with Crippen molar-refractivity contribution in [3.05, 3.63) is 83.4 Å². The summed E-state index contributed by atoms with van der Waals surface area (Å²) in [5.41, 5.74) is 2.91. The van der Waals surface area contributed by atoms with E-state index in [2.05, 4.69) is 17.3 Å². The van der Waals surface area contributed by atoms with Crippen LogP contribution >= 0.6 is 0 Å². The summed E-state index contributed by atoms with van der Waals surface area (Å²) in [6, 6.07) is 14.1. The van der Waals surface area contributed by atoms with E-state index in [1.807, 2.05) is 12.1 Å². The minimum atomic E-state index is -0.269. The van der Waals surface area contributed by atoms with E-state index in [0.717, 1.165) is 6.42 Å². The van der Waals surface area contributed by atoms with Gasteiger partial charge in [-0.2, -0.15) is 5.10 Å². The number of benzene rings is 2. The second-order valence-electron chi connectivity index (χ2n) is 5.52. The predicted molar refractivity (Wildman–Crippen MR) is 91.5 cm³/mol. The number of carbonyl (C=O) groups excluding carboxylic acids is 1. The average Bonchev–Trinajstić information content (AvgIpc) is 3.04. The maximum absolute atomic E-state index is 13.7. The second-order valence-corrected chi connectivity index (χ2v) is 5.52. The smallest absolute Gasteiger partial charge is 0.255 e. The summed E-state index contributed by atoms with van der Waals surface area (Å²) in [7, 11) is 0. The maximum atomic E-state index is 13.7. The molecule has 0 saturated heterocycles. The molecule has 0 atom stereocenters.